The molecular formula is C19H14ClN3O3. The number of pyridine rings is 2. The average molecular weight is 368 g/mol. The molecule has 0 saturated heterocycles. The number of aromatic nitrogens is 2. The number of aryl methyl sites for hydroxylation is 1. The van der Waals surface area contributed by atoms with Gasteiger partial charge in [-0.05, 0) is 43.3 Å². The van der Waals surface area contributed by atoms with Crippen molar-refractivity contribution in [3.63, 3.8) is 0 Å². The van der Waals surface area contributed by atoms with Gasteiger partial charge in [-0.2, -0.15) is 0 Å². The van der Waals surface area contributed by atoms with E-state index >= 15 is 0 Å². The topological polar surface area (TPSA) is 88.0 Å². The molecular weight excluding hydrogens is 354 g/mol. The molecule has 3 heterocycles. The zero-order valence-electron chi connectivity index (χ0n) is 13.8. The summed E-state index contributed by atoms with van der Waals surface area (Å²) in [5.41, 5.74) is 1.78. The summed E-state index contributed by atoms with van der Waals surface area (Å²) in [5.74, 6) is 0.592. The molecule has 0 saturated carbocycles. The molecule has 3 aromatic heterocycles. The Labute approximate surface area is 152 Å². The highest BCUT2D eigenvalue weighted by Gasteiger charge is 2.08. The first-order valence-electron chi connectivity index (χ1n) is 7.96. The monoisotopic (exact) mass is 367 g/mol. The van der Waals surface area contributed by atoms with Gasteiger partial charge < -0.3 is 14.7 Å². The molecule has 26 heavy (non-hydrogen) atoms. The van der Waals surface area contributed by atoms with Gasteiger partial charge in [-0.25, -0.2) is 9.78 Å². The summed E-state index contributed by atoms with van der Waals surface area (Å²) < 4.78 is 5.18. The minimum atomic E-state index is -0.413. The van der Waals surface area contributed by atoms with Crippen molar-refractivity contribution < 1.29 is 4.42 Å². The Hall–Kier alpha value is -3.12. The molecule has 6 nitrogen and oxygen atoms in total. The third-order valence-corrected chi connectivity index (χ3v) is 4.35. The van der Waals surface area contributed by atoms with E-state index in [1.54, 1.807) is 43.3 Å². The number of H-pyrrole nitrogens is 1. The SMILES string of the molecule is Cc1nc(NCc2cc3cc(Cl)ccc3[nH]c2=O)cc2ccc(=O)oc12. The van der Waals surface area contributed by atoms with Gasteiger partial charge in [0.2, 0.25) is 0 Å². The number of anilines is 1. The van der Waals surface area contributed by atoms with Gasteiger partial charge in [-0.1, -0.05) is 11.6 Å². The highest BCUT2D eigenvalue weighted by Crippen LogP contribution is 2.20. The number of nitrogens with zero attached hydrogens (tertiary/aromatic N) is 1. The summed E-state index contributed by atoms with van der Waals surface area (Å²) in [7, 11) is 0. The molecule has 1 aromatic carbocycles. The Morgan fingerprint density at radius 2 is 1.96 bits per heavy atom. The van der Waals surface area contributed by atoms with Crippen LogP contribution in [0.3, 0.4) is 0 Å². The van der Waals surface area contributed by atoms with Crippen molar-refractivity contribution in [3.05, 3.63) is 79.5 Å². The predicted molar refractivity (Wildman–Crippen MR) is 102 cm³/mol. The van der Waals surface area contributed by atoms with Crippen molar-refractivity contribution >= 4 is 39.3 Å². The fourth-order valence-corrected chi connectivity index (χ4v) is 3.05. The van der Waals surface area contributed by atoms with Gasteiger partial charge in [0, 0.05) is 39.5 Å². The molecule has 0 aliphatic heterocycles. The van der Waals surface area contributed by atoms with E-state index < -0.39 is 5.63 Å². The van der Waals surface area contributed by atoms with Crippen LogP contribution in [-0.2, 0) is 6.54 Å². The first-order chi connectivity index (χ1) is 12.5. The van der Waals surface area contributed by atoms with Crippen LogP contribution in [-0.4, -0.2) is 9.97 Å². The number of rotatable bonds is 3. The number of fused-ring (bicyclic) bond motifs is 2. The molecule has 7 heteroatoms. The zero-order chi connectivity index (χ0) is 18.3. The molecule has 0 amide bonds. The van der Waals surface area contributed by atoms with Crippen LogP contribution in [0.25, 0.3) is 21.9 Å². The summed E-state index contributed by atoms with van der Waals surface area (Å²) >= 11 is 6.02. The van der Waals surface area contributed by atoms with Crippen molar-refractivity contribution in [1.82, 2.24) is 9.97 Å². The third-order valence-electron chi connectivity index (χ3n) is 4.12. The van der Waals surface area contributed by atoms with E-state index in [1.807, 2.05) is 0 Å². The third kappa shape index (κ3) is 3.07. The lowest BCUT2D eigenvalue weighted by Gasteiger charge is -2.09. The molecule has 0 bridgehead atoms. The summed E-state index contributed by atoms with van der Waals surface area (Å²) in [6, 6.07) is 11.9. The lowest BCUT2D eigenvalue weighted by Crippen LogP contribution is -2.16. The van der Waals surface area contributed by atoms with Crippen molar-refractivity contribution in [2.45, 2.75) is 13.5 Å². The highest BCUT2D eigenvalue weighted by atomic mass is 35.5. The second kappa shape index (κ2) is 6.31. The number of halogens is 1. The van der Waals surface area contributed by atoms with Crippen LogP contribution in [0.4, 0.5) is 5.82 Å². The minimum Gasteiger partial charge on any atom is -0.421 e. The maximum Gasteiger partial charge on any atom is 0.336 e. The molecule has 0 fully saturated rings. The van der Waals surface area contributed by atoms with Crippen molar-refractivity contribution in [3.8, 4) is 0 Å². The first kappa shape index (κ1) is 16.4. The van der Waals surface area contributed by atoms with Gasteiger partial charge in [0.15, 0.2) is 5.58 Å². The van der Waals surface area contributed by atoms with Crippen LogP contribution in [0.1, 0.15) is 11.3 Å². The van der Waals surface area contributed by atoms with Crippen molar-refractivity contribution in [1.29, 1.82) is 0 Å². The van der Waals surface area contributed by atoms with Gasteiger partial charge in [-0.15, -0.1) is 0 Å². The van der Waals surface area contributed by atoms with Gasteiger partial charge in [0.25, 0.3) is 5.56 Å². The van der Waals surface area contributed by atoms with Gasteiger partial charge in [0.1, 0.15) is 5.82 Å². The molecule has 130 valence electrons. The zero-order valence-corrected chi connectivity index (χ0v) is 14.6. The van der Waals surface area contributed by atoms with Crippen LogP contribution in [0.2, 0.25) is 5.02 Å². The van der Waals surface area contributed by atoms with Gasteiger partial charge in [-0.3, -0.25) is 4.79 Å². The summed E-state index contributed by atoms with van der Waals surface area (Å²) in [4.78, 5) is 30.8. The Morgan fingerprint density at radius 1 is 1.12 bits per heavy atom. The fourth-order valence-electron chi connectivity index (χ4n) is 2.86. The normalized spacial score (nSPS) is 11.2. The maximum absolute atomic E-state index is 12.3. The first-order valence-corrected chi connectivity index (χ1v) is 8.34. The van der Waals surface area contributed by atoms with Crippen molar-refractivity contribution in [2.24, 2.45) is 0 Å². The summed E-state index contributed by atoms with van der Waals surface area (Å²) in [5, 5.41) is 5.38. The average Bonchev–Trinajstić information content (AvgIpc) is 2.61. The molecule has 0 radical (unpaired) electrons. The second-order valence-corrected chi connectivity index (χ2v) is 6.41. The van der Waals surface area contributed by atoms with E-state index in [0.717, 1.165) is 16.3 Å². The molecule has 0 aliphatic rings. The molecule has 4 aromatic rings. The van der Waals surface area contributed by atoms with E-state index in [4.69, 9.17) is 16.0 Å². The summed E-state index contributed by atoms with van der Waals surface area (Å²) in [6.45, 7) is 2.06. The predicted octanol–water partition coefficient (Wildman–Crippen LogP) is 3.60. The summed E-state index contributed by atoms with van der Waals surface area (Å²) in [6.07, 6.45) is 0. The molecule has 0 aliphatic carbocycles. The van der Waals surface area contributed by atoms with Crippen molar-refractivity contribution in [2.75, 3.05) is 5.32 Å². The lowest BCUT2D eigenvalue weighted by atomic mass is 10.1. The maximum atomic E-state index is 12.3. The largest absolute Gasteiger partial charge is 0.421 e. The minimum absolute atomic E-state index is 0.171. The Kier molecular flexibility index (Phi) is 3.97. The molecule has 2 N–H and O–H groups in total. The van der Waals surface area contributed by atoms with Gasteiger partial charge >= 0.3 is 5.63 Å². The number of aromatic amines is 1. The molecule has 0 unspecified atom stereocenters. The standard InChI is InChI=1S/C19H14ClN3O3/c1-10-18-11(2-5-17(24)26-18)8-16(22-10)21-9-13-6-12-7-14(20)3-4-15(12)23-19(13)25/h2-8H,9H2,1H3,(H,21,22)(H,23,25). The van der Waals surface area contributed by atoms with E-state index in [-0.39, 0.29) is 5.56 Å². The number of benzene rings is 1. The Bertz CT molecular complexity index is 1260. The highest BCUT2D eigenvalue weighted by molar-refractivity contribution is 6.31. The van der Waals surface area contributed by atoms with E-state index in [2.05, 4.69) is 15.3 Å². The second-order valence-electron chi connectivity index (χ2n) is 5.97. The van der Waals surface area contributed by atoms with E-state index in [1.165, 1.54) is 6.07 Å². The van der Waals surface area contributed by atoms with E-state index in [0.29, 0.717) is 34.2 Å². The number of hydrogen-bond acceptors (Lipinski definition) is 5. The lowest BCUT2D eigenvalue weighted by molar-refractivity contribution is 0.557. The van der Waals surface area contributed by atoms with Crippen LogP contribution >= 0.6 is 11.6 Å². The Morgan fingerprint density at radius 3 is 2.81 bits per heavy atom. The quantitative estimate of drug-likeness (QED) is 0.577. The number of nitrogens with one attached hydrogen (secondary N) is 2. The van der Waals surface area contributed by atoms with Crippen LogP contribution < -0.4 is 16.5 Å². The van der Waals surface area contributed by atoms with Gasteiger partial charge in [0.05, 0.1) is 5.69 Å². The molecule has 0 atom stereocenters. The fraction of sp³-hybridized carbons (Fsp3) is 0.105. The number of hydrogen-bond donors (Lipinski definition) is 2. The smallest absolute Gasteiger partial charge is 0.336 e. The van der Waals surface area contributed by atoms with E-state index in [9.17, 15) is 9.59 Å². The van der Waals surface area contributed by atoms with Crippen LogP contribution in [0, 0.1) is 6.92 Å². The molecule has 0 spiro atoms. The van der Waals surface area contributed by atoms with Crippen LogP contribution in [0.5, 0.6) is 0 Å². The Balaban J connectivity index is 1.66. The van der Waals surface area contributed by atoms with Crippen LogP contribution in [0.15, 0.2) is 56.5 Å². The molecule has 4 rings (SSSR count).